The summed E-state index contributed by atoms with van der Waals surface area (Å²) in [5.41, 5.74) is -0.174. The maximum atomic E-state index is 15.3. The molecule has 2 aliphatic carbocycles. The summed E-state index contributed by atoms with van der Waals surface area (Å²) in [6.45, 7) is 0. The Bertz CT molecular complexity index is 1700. The molecule has 6 rings (SSSR count). The Morgan fingerprint density at radius 2 is 1.67 bits per heavy atom. The number of nitrogens with one attached hydrogen (secondary N) is 1. The van der Waals surface area contributed by atoms with Crippen LogP contribution in [0.2, 0.25) is 5.02 Å². The standard InChI is InChI=1S/C32H29ClF3N3O4/c1-42-31(41)32(13-14-32)43-21-11-12-25(24(36)15-21)38-30(40)28(18-5-3-2-4-6-18)39-27-17-23(35)22(34)16-26(27)37-29(39)19-7-9-20(33)10-8-19/h7-12,15-18,28H,2-6,13-14H2,1H3,(H,38,40). The van der Waals surface area contributed by atoms with Crippen LogP contribution in [-0.2, 0) is 14.3 Å². The summed E-state index contributed by atoms with van der Waals surface area (Å²) in [6.07, 6.45) is 5.15. The molecule has 2 fully saturated rings. The van der Waals surface area contributed by atoms with Crippen LogP contribution < -0.4 is 10.1 Å². The van der Waals surface area contributed by atoms with Crippen LogP contribution in [0.25, 0.3) is 22.4 Å². The molecule has 224 valence electrons. The molecular weight excluding hydrogens is 583 g/mol. The van der Waals surface area contributed by atoms with Crippen molar-refractivity contribution in [3.63, 3.8) is 0 Å². The van der Waals surface area contributed by atoms with Crippen LogP contribution >= 0.6 is 11.6 Å². The Kier molecular flexibility index (Phi) is 7.81. The van der Waals surface area contributed by atoms with Crippen LogP contribution in [0.5, 0.6) is 5.75 Å². The number of amides is 1. The number of imidazole rings is 1. The van der Waals surface area contributed by atoms with E-state index >= 15 is 4.39 Å². The van der Waals surface area contributed by atoms with E-state index in [0.717, 1.165) is 37.5 Å². The summed E-state index contributed by atoms with van der Waals surface area (Å²) in [7, 11) is 1.26. The third kappa shape index (κ3) is 5.68. The lowest BCUT2D eigenvalue weighted by Crippen LogP contribution is -2.34. The number of carbonyl (C=O) groups excluding carboxylic acids is 2. The number of esters is 1. The summed E-state index contributed by atoms with van der Waals surface area (Å²) in [5, 5.41) is 3.21. The van der Waals surface area contributed by atoms with E-state index in [1.165, 1.54) is 19.2 Å². The molecule has 0 aliphatic heterocycles. The first-order valence-corrected chi connectivity index (χ1v) is 14.6. The van der Waals surface area contributed by atoms with E-state index in [2.05, 4.69) is 10.3 Å². The van der Waals surface area contributed by atoms with E-state index in [4.69, 9.17) is 21.1 Å². The number of nitrogens with zero attached hydrogens (tertiary/aromatic N) is 2. The van der Waals surface area contributed by atoms with Gasteiger partial charge < -0.3 is 19.4 Å². The summed E-state index contributed by atoms with van der Waals surface area (Å²) in [6, 6.07) is 11.9. The van der Waals surface area contributed by atoms with Crippen LogP contribution in [-0.4, -0.2) is 34.1 Å². The Morgan fingerprint density at radius 3 is 2.33 bits per heavy atom. The van der Waals surface area contributed by atoms with Crippen molar-refractivity contribution >= 4 is 40.2 Å². The third-order valence-electron chi connectivity index (χ3n) is 8.25. The lowest BCUT2D eigenvalue weighted by Gasteiger charge is -2.32. The van der Waals surface area contributed by atoms with Crippen molar-refractivity contribution in [2.24, 2.45) is 5.92 Å². The molecule has 4 aromatic rings. The van der Waals surface area contributed by atoms with Crippen molar-refractivity contribution in [1.82, 2.24) is 9.55 Å². The zero-order valence-electron chi connectivity index (χ0n) is 23.3. The number of fused-ring (bicyclic) bond motifs is 1. The molecule has 1 N–H and O–H groups in total. The number of benzene rings is 3. The van der Waals surface area contributed by atoms with Gasteiger partial charge in [-0.15, -0.1) is 0 Å². The Labute approximate surface area is 250 Å². The van der Waals surface area contributed by atoms with Crippen molar-refractivity contribution < 1.29 is 32.2 Å². The molecule has 1 atom stereocenters. The molecule has 7 nitrogen and oxygen atoms in total. The van der Waals surface area contributed by atoms with Gasteiger partial charge in [-0.2, -0.15) is 0 Å². The monoisotopic (exact) mass is 611 g/mol. The molecule has 2 aliphatic rings. The van der Waals surface area contributed by atoms with Gasteiger partial charge in [0.25, 0.3) is 0 Å². The first-order chi connectivity index (χ1) is 20.7. The third-order valence-corrected chi connectivity index (χ3v) is 8.50. The minimum absolute atomic E-state index is 0.0873. The first-order valence-electron chi connectivity index (χ1n) is 14.2. The second-order valence-corrected chi connectivity index (χ2v) is 11.6. The number of rotatable bonds is 8. The number of anilines is 1. The van der Waals surface area contributed by atoms with Crippen LogP contribution in [0, 0.1) is 23.4 Å². The highest BCUT2D eigenvalue weighted by atomic mass is 35.5. The Hall–Kier alpha value is -4.05. The summed E-state index contributed by atoms with van der Waals surface area (Å²) >= 11 is 6.11. The van der Waals surface area contributed by atoms with Crippen molar-refractivity contribution in [2.45, 2.75) is 56.6 Å². The average molecular weight is 612 g/mol. The fourth-order valence-electron chi connectivity index (χ4n) is 5.91. The Morgan fingerprint density at radius 1 is 0.977 bits per heavy atom. The van der Waals surface area contributed by atoms with E-state index < -0.39 is 41.0 Å². The maximum Gasteiger partial charge on any atom is 0.350 e. The van der Waals surface area contributed by atoms with Crippen LogP contribution in [0.3, 0.4) is 0 Å². The van der Waals surface area contributed by atoms with E-state index in [-0.39, 0.29) is 28.4 Å². The van der Waals surface area contributed by atoms with Crippen LogP contribution in [0.15, 0.2) is 54.6 Å². The minimum atomic E-state index is -1.12. The van der Waals surface area contributed by atoms with Crippen molar-refractivity contribution in [2.75, 3.05) is 12.4 Å². The van der Waals surface area contributed by atoms with E-state index in [1.807, 2.05) is 0 Å². The lowest BCUT2D eigenvalue weighted by molar-refractivity contribution is -0.151. The zero-order valence-corrected chi connectivity index (χ0v) is 24.1. The number of halogens is 4. The second kappa shape index (κ2) is 11.6. The first kappa shape index (κ1) is 29.0. The van der Waals surface area contributed by atoms with Gasteiger partial charge in [0.1, 0.15) is 23.4 Å². The molecule has 11 heteroatoms. The molecule has 1 heterocycles. The van der Waals surface area contributed by atoms with E-state index in [0.29, 0.717) is 42.1 Å². The van der Waals surface area contributed by atoms with Crippen molar-refractivity contribution in [1.29, 1.82) is 0 Å². The number of hydrogen-bond donors (Lipinski definition) is 1. The van der Waals surface area contributed by atoms with E-state index in [9.17, 15) is 18.4 Å². The predicted octanol–water partition coefficient (Wildman–Crippen LogP) is 7.62. The van der Waals surface area contributed by atoms with Gasteiger partial charge >= 0.3 is 5.97 Å². The fourth-order valence-corrected chi connectivity index (χ4v) is 6.03. The van der Waals surface area contributed by atoms with Gasteiger partial charge in [0, 0.05) is 41.6 Å². The minimum Gasteiger partial charge on any atom is -0.475 e. The molecule has 0 spiro atoms. The fraction of sp³-hybridized carbons (Fsp3) is 0.344. The van der Waals surface area contributed by atoms with Gasteiger partial charge in [0.05, 0.1) is 23.8 Å². The molecule has 0 bridgehead atoms. The SMILES string of the molecule is COC(=O)C1(Oc2ccc(NC(=O)C(C3CCCCC3)n3c(-c4ccc(Cl)cc4)nc4cc(F)c(F)cc43)c(F)c2)CC1. The van der Waals surface area contributed by atoms with Gasteiger partial charge in [0.15, 0.2) is 11.6 Å². The highest BCUT2D eigenvalue weighted by Gasteiger charge is 2.54. The lowest BCUT2D eigenvalue weighted by atomic mass is 9.83. The van der Waals surface area contributed by atoms with E-state index in [1.54, 1.807) is 28.8 Å². The number of carbonyl (C=O) groups is 2. The molecular formula is C32H29ClF3N3O4. The maximum absolute atomic E-state index is 15.3. The highest BCUT2D eigenvalue weighted by Crippen LogP contribution is 2.42. The topological polar surface area (TPSA) is 82.5 Å². The molecule has 1 aromatic heterocycles. The largest absolute Gasteiger partial charge is 0.475 e. The summed E-state index contributed by atoms with van der Waals surface area (Å²) < 4.78 is 56.4. The van der Waals surface area contributed by atoms with Gasteiger partial charge in [-0.3, -0.25) is 4.79 Å². The molecule has 0 radical (unpaired) electrons. The number of methoxy groups -OCH3 is 1. The zero-order chi connectivity index (χ0) is 30.3. The van der Waals surface area contributed by atoms with Crippen LogP contribution in [0.4, 0.5) is 18.9 Å². The normalized spacial score (nSPS) is 17.0. The molecule has 0 saturated heterocycles. The number of hydrogen-bond acceptors (Lipinski definition) is 5. The highest BCUT2D eigenvalue weighted by molar-refractivity contribution is 6.30. The van der Waals surface area contributed by atoms with Crippen molar-refractivity contribution in [3.8, 4) is 17.1 Å². The van der Waals surface area contributed by atoms with Crippen molar-refractivity contribution in [3.05, 3.63) is 77.1 Å². The summed E-state index contributed by atoms with van der Waals surface area (Å²) in [4.78, 5) is 30.8. The predicted molar refractivity (Wildman–Crippen MR) is 155 cm³/mol. The number of ether oxygens (including phenoxy) is 2. The molecule has 1 amide bonds. The summed E-state index contributed by atoms with van der Waals surface area (Å²) in [5.74, 6) is -3.63. The molecule has 1 unspecified atom stereocenters. The van der Waals surface area contributed by atoms with Crippen LogP contribution in [0.1, 0.15) is 51.0 Å². The van der Waals surface area contributed by atoms with Gasteiger partial charge in [-0.1, -0.05) is 30.9 Å². The Balaban J connectivity index is 1.39. The molecule has 2 saturated carbocycles. The second-order valence-electron chi connectivity index (χ2n) is 11.1. The smallest absolute Gasteiger partial charge is 0.350 e. The number of aromatic nitrogens is 2. The van der Waals surface area contributed by atoms with Gasteiger partial charge in [-0.25, -0.2) is 22.9 Å². The van der Waals surface area contributed by atoms with Gasteiger partial charge in [0.2, 0.25) is 11.5 Å². The van der Waals surface area contributed by atoms with Gasteiger partial charge in [-0.05, 0) is 55.2 Å². The molecule has 43 heavy (non-hydrogen) atoms. The average Bonchev–Trinajstić information content (AvgIpc) is 3.70. The quantitative estimate of drug-likeness (QED) is 0.207. The molecule has 3 aromatic carbocycles.